The lowest BCUT2D eigenvalue weighted by molar-refractivity contribution is 0.102. The van der Waals surface area contributed by atoms with Crippen LogP contribution in [0.4, 0.5) is 23.0 Å². The number of aryl methyl sites for hydroxylation is 1. The van der Waals surface area contributed by atoms with E-state index in [4.69, 9.17) is 0 Å². The molecule has 0 saturated carbocycles. The van der Waals surface area contributed by atoms with Gasteiger partial charge in [-0.1, -0.05) is 0 Å². The van der Waals surface area contributed by atoms with E-state index < -0.39 is 0 Å². The van der Waals surface area contributed by atoms with Crippen molar-refractivity contribution < 1.29 is 4.79 Å². The standard InChI is InChI=1S/C23H22N6OS/c1-15-25-21(13-22(26-15)29-10-2-3-11-29)27-17-5-7-18(8-6-17)28-23(30)16-4-9-19-20(12-16)31-14-24-19/h4-9,12-14H,2-3,10-11H2,1H3,(H,28,30)(H,25,26,27). The van der Waals surface area contributed by atoms with E-state index in [0.717, 1.165) is 52.1 Å². The Labute approximate surface area is 184 Å². The molecule has 0 unspecified atom stereocenters. The highest BCUT2D eigenvalue weighted by Gasteiger charge is 2.15. The second-order valence-corrected chi connectivity index (χ2v) is 8.43. The number of anilines is 4. The minimum absolute atomic E-state index is 0.141. The average Bonchev–Trinajstić information content (AvgIpc) is 3.46. The molecule has 1 aliphatic rings. The molecule has 0 spiro atoms. The fourth-order valence-corrected chi connectivity index (χ4v) is 4.42. The van der Waals surface area contributed by atoms with Crippen LogP contribution < -0.4 is 15.5 Å². The van der Waals surface area contributed by atoms with Gasteiger partial charge in [0.15, 0.2) is 0 Å². The maximum Gasteiger partial charge on any atom is 0.255 e. The minimum atomic E-state index is -0.141. The van der Waals surface area contributed by atoms with Gasteiger partial charge < -0.3 is 15.5 Å². The maximum atomic E-state index is 12.6. The zero-order chi connectivity index (χ0) is 21.2. The zero-order valence-electron chi connectivity index (χ0n) is 17.1. The third kappa shape index (κ3) is 4.34. The van der Waals surface area contributed by atoms with Crippen molar-refractivity contribution in [3.63, 3.8) is 0 Å². The van der Waals surface area contributed by atoms with Gasteiger partial charge in [-0.05, 0) is 62.2 Å². The Morgan fingerprint density at radius 2 is 1.77 bits per heavy atom. The van der Waals surface area contributed by atoms with Crippen LogP contribution in [0, 0.1) is 6.92 Å². The van der Waals surface area contributed by atoms with Crippen LogP contribution in [-0.4, -0.2) is 33.9 Å². The minimum Gasteiger partial charge on any atom is -0.356 e. The third-order valence-corrected chi connectivity index (χ3v) is 6.05. The second-order valence-electron chi connectivity index (χ2n) is 7.54. The fraction of sp³-hybridized carbons (Fsp3) is 0.217. The molecule has 1 aliphatic heterocycles. The number of aromatic nitrogens is 3. The van der Waals surface area contributed by atoms with E-state index in [-0.39, 0.29) is 5.91 Å². The Hall–Kier alpha value is -3.52. The number of hydrogen-bond donors (Lipinski definition) is 2. The summed E-state index contributed by atoms with van der Waals surface area (Å²) < 4.78 is 1.00. The fourth-order valence-electron chi connectivity index (χ4n) is 3.71. The third-order valence-electron chi connectivity index (χ3n) is 5.26. The summed E-state index contributed by atoms with van der Waals surface area (Å²) in [7, 11) is 0. The Morgan fingerprint density at radius 1 is 1.00 bits per heavy atom. The average molecular weight is 431 g/mol. The summed E-state index contributed by atoms with van der Waals surface area (Å²) in [5, 5.41) is 6.29. The number of benzene rings is 2. The molecule has 0 radical (unpaired) electrons. The van der Waals surface area contributed by atoms with Gasteiger partial charge in [-0.15, -0.1) is 11.3 Å². The maximum absolute atomic E-state index is 12.6. The highest BCUT2D eigenvalue weighted by molar-refractivity contribution is 7.16. The van der Waals surface area contributed by atoms with Gasteiger partial charge in [0.25, 0.3) is 5.91 Å². The van der Waals surface area contributed by atoms with Crippen molar-refractivity contribution in [2.24, 2.45) is 0 Å². The van der Waals surface area contributed by atoms with E-state index in [1.54, 1.807) is 11.6 Å². The molecular weight excluding hydrogens is 408 g/mol. The van der Waals surface area contributed by atoms with E-state index in [0.29, 0.717) is 5.56 Å². The molecule has 2 aromatic carbocycles. The molecule has 5 rings (SSSR count). The zero-order valence-corrected chi connectivity index (χ0v) is 17.9. The molecular formula is C23H22N6OS. The Morgan fingerprint density at radius 3 is 2.58 bits per heavy atom. The quantitative estimate of drug-likeness (QED) is 0.464. The predicted molar refractivity (Wildman–Crippen MR) is 126 cm³/mol. The lowest BCUT2D eigenvalue weighted by atomic mass is 10.2. The number of rotatable bonds is 5. The van der Waals surface area contributed by atoms with Crippen molar-refractivity contribution in [3.8, 4) is 0 Å². The molecule has 1 fully saturated rings. The van der Waals surface area contributed by atoms with E-state index >= 15 is 0 Å². The van der Waals surface area contributed by atoms with Crippen LogP contribution in [0.5, 0.6) is 0 Å². The van der Waals surface area contributed by atoms with Crippen molar-refractivity contribution in [3.05, 3.63) is 65.4 Å². The van der Waals surface area contributed by atoms with E-state index in [1.807, 2.05) is 49.4 Å². The van der Waals surface area contributed by atoms with Gasteiger partial charge in [-0.25, -0.2) is 15.0 Å². The van der Waals surface area contributed by atoms with Crippen LogP contribution in [0.2, 0.25) is 0 Å². The summed E-state index contributed by atoms with van der Waals surface area (Å²) in [5.41, 5.74) is 4.94. The van der Waals surface area contributed by atoms with Crippen molar-refractivity contribution in [1.29, 1.82) is 0 Å². The van der Waals surface area contributed by atoms with Crippen molar-refractivity contribution >= 4 is 50.5 Å². The first kappa shape index (κ1) is 19.4. The van der Waals surface area contributed by atoms with Gasteiger partial charge >= 0.3 is 0 Å². The molecule has 3 heterocycles. The van der Waals surface area contributed by atoms with Gasteiger partial charge in [-0.3, -0.25) is 4.79 Å². The van der Waals surface area contributed by atoms with Gasteiger partial charge in [0.1, 0.15) is 17.5 Å². The Balaban J connectivity index is 1.27. The molecule has 0 aliphatic carbocycles. The highest BCUT2D eigenvalue weighted by Crippen LogP contribution is 2.24. The van der Waals surface area contributed by atoms with Gasteiger partial charge in [-0.2, -0.15) is 0 Å². The van der Waals surface area contributed by atoms with Crippen LogP contribution in [0.1, 0.15) is 29.0 Å². The molecule has 7 nitrogen and oxygen atoms in total. The molecule has 0 atom stereocenters. The smallest absolute Gasteiger partial charge is 0.255 e. The molecule has 4 aromatic rings. The van der Waals surface area contributed by atoms with Gasteiger partial charge in [0.05, 0.1) is 15.7 Å². The summed E-state index contributed by atoms with van der Waals surface area (Å²) >= 11 is 1.53. The number of hydrogen-bond acceptors (Lipinski definition) is 7. The number of fused-ring (bicyclic) bond motifs is 1. The first-order valence-electron chi connectivity index (χ1n) is 10.3. The van der Waals surface area contributed by atoms with Gasteiger partial charge in [0, 0.05) is 36.1 Å². The number of carbonyl (C=O) groups is 1. The topological polar surface area (TPSA) is 83.0 Å². The molecule has 8 heteroatoms. The van der Waals surface area contributed by atoms with Crippen molar-refractivity contribution in [2.75, 3.05) is 28.6 Å². The summed E-state index contributed by atoms with van der Waals surface area (Å²) in [5.74, 6) is 2.34. The molecule has 1 saturated heterocycles. The summed E-state index contributed by atoms with van der Waals surface area (Å²) in [4.78, 5) is 28.2. The molecule has 31 heavy (non-hydrogen) atoms. The molecule has 156 valence electrons. The summed E-state index contributed by atoms with van der Waals surface area (Å²) in [6.45, 7) is 3.99. The van der Waals surface area contributed by atoms with Crippen LogP contribution in [0.3, 0.4) is 0 Å². The molecule has 2 aromatic heterocycles. The largest absolute Gasteiger partial charge is 0.356 e. The van der Waals surface area contributed by atoms with Crippen LogP contribution in [-0.2, 0) is 0 Å². The SMILES string of the molecule is Cc1nc(Nc2ccc(NC(=O)c3ccc4ncsc4c3)cc2)cc(N2CCCC2)n1. The van der Waals surface area contributed by atoms with Crippen LogP contribution in [0.25, 0.3) is 10.2 Å². The van der Waals surface area contributed by atoms with Crippen LogP contribution in [0.15, 0.2) is 54.0 Å². The van der Waals surface area contributed by atoms with E-state index in [2.05, 4.69) is 30.5 Å². The molecule has 0 bridgehead atoms. The monoisotopic (exact) mass is 430 g/mol. The number of nitrogens with zero attached hydrogens (tertiary/aromatic N) is 4. The summed E-state index contributed by atoms with van der Waals surface area (Å²) in [6, 6.07) is 15.1. The first-order chi connectivity index (χ1) is 15.1. The Kier molecular flexibility index (Phi) is 5.21. The number of nitrogens with one attached hydrogen (secondary N) is 2. The van der Waals surface area contributed by atoms with E-state index in [9.17, 15) is 4.79 Å². The van der Waals surface area contributed by atoms with Crippen molar-refractivity contribution in [2.45, 2.75) is 19.8 Å². The van der Waals surface area contributed by atoms with Gasteiger partial charge in [0.2, 0.25) is 0 Å². The van der Waals surface area contributed by atoms with E-state index in [1.165, 1.54) is 24.2 Å². The number of carbonyl (C=O) groups excluding carboxylic acids is 1. The summed E-state index contributed by atoms with van der Waals surface area (Å²) in [6.07, 6.45) is 2.41. The Bertz CT molecular complexity index is 1230. The predicted octanol–water partition coefficient (Wildman–Crippen LogP) is 4.99. The van der Waals surface area contributed by atoms with Crippen LogP contribution >= 0.6 is 11.3 Å². The molecule has 2 N–H and O–H groups in total. The number of thiazole rings is 1. The highest BCUT2D eigenvalue weighted by atomic mass is 32.1. The normalized spacial score (nSPS) is 13.5. The van der Waals surface area contributed by atoms with Crippen molar-refractivity contribution in [1.82, 2.24) is 15.0 Å². The first-order valence-corrected chi connectivity index (χ1v) is 11.1. The number of amides is 1. The lowest BCUT2D eigenvalue weighted by Crippen LogP contribution is -2.19. The lowest BCUT2D eigenvalue weighted by Gasteiger charge is -2.18. The second kappa shape index (κ2) is 8.31. The molecule has 1 amide bonds.